The Morgan fingerprint density at radius 2 is 1.74 bits per heavy atom. The van der Waals surface area contributed by atoms with E-state index in [1.807, 2.05) is 13.8 Å². The largest absolute Gasteiger partial charge is 0.501 e. The number of amides is 1. The summed E-state index contributed by atoms with van der Waals surface area (Å²) in [6.45, 7) is 17.3. The van der Waals surface area contributed by atoms with Crippen LogP contribution in [0.25, 0.3) is 5.70 Å². The van der Waals surface area contributed by atoms with Crippen molar-refractivity contribution in [2.24, 2.45) is 7.05 Å². The Labute approximate surface area is 223 Å². The Kier molecular flexibility index (Phi) is 12.3. The van der Waals surface area contributed by atoms with Gasteiger partial charge in [-0.05, 0) is 31.5 Å². The second-order valence-corrected chi connectivity index (χ2v) is 8.66. The fraction of sp³-hybridized carbons (Fsp3) is 0.444. The van der Waals surface area contributed by atoms with Gasteiger partial charge in [0.25, 0.3) is 5.56 Å². The van der Waals surface area contributed by atoms with Gasteiger partial charge in [-0.25, -0.2) is 9.37 Å². The Morgan fingerprint density at radius 1 is 1.16 bits per heavy atom. The van der Waals surface area contributed by atoms with E-state index in [1.54, 1.807) is 32.9 Å². The van der Waals surface area contributed by atoms with Crippen molar-refractivity contribution in [1.29, 1.82) is 0 Å². The van der Waals surface area contributed by atoms with E-state index in [1.165, 1.54) is 32.0 Å². The first kappa shape index (κ1) is 32.0. The molecule has 10 nitrogen and oxygen atoms in total. The Hall–Kier alpha value is -4.02. The third kappa shape index (κ3) is 8.53. The fourth-order valence-corrected chi connectivity index (χ4v) is 3.04. The third-order valence-electron chi connectivity index (χ3n) is 5.18. The second kappa shape index (κ2) is 14.7. The van der Waals surface area contributed by atoms with Gasteiger partial charge in [0.1, 0.15) is 17.3 Å². The number of aryl methyl sites for hydroxylation is 1. The molecule has 1 aromatic carbocycles. The molecule has 1 amide bonds. The minimum absolute atomic E-state index is 0.0684. The van der Waals surface area contributed by atoms with E-state index in [2.05, 4.69) is 46.2 Å². The maximum atomic E-state index is 13.1. The first-order chi connectivity index (χ1) is 17.9. The van der Waals surface area contributed by atoms with E-state index < -0.39 is 22.8 Å². The van der Waals surface area contributed by atoms with E-state index >= 15 is 0 Å². The van der Waals surface area contributed by atoms with Crippen LogP contribution in [0.4, 0.5) is 4.39 Å². The van der Waals surface area contributed by atoms with Gasteiger partial charge in [-0.2, -0.15) is 0 Å². The van der Waals surface area contributed by atoms with E-state index in [0.717, 1.165) is 10.1 Å². The van der Waals surface area contributed by atoms with E-state index in [0.29, 0.717) is 0 Å². The van der Waals surface area contributed by atoms with Crippen LogP contribution in [-0.2, 0) is 19.1 Å². The number of halogens is 1. The maximum absolute atomic E-state index is 13.1. The summed E-state index contributed by atoms with van der Waals surface area (Å²) in [5.41, 5.74) is -1.00. The monoisotopic (exact) mass is 530 g/mol. The van der Waals surface area contributed by atoms with Crippen molar-refractivity contribution in [3.05, 3.63) is 75.9 Å². The molecule has 0 aliphatic heterocycles. The average molecular weight is 531 g/mol. The maximum Gasteiger partial charge on any atom is 0.309 e. The summed E-state index contributed by atoms with van der Waals surface area (Å²) in [6.07, 6.45) is 2.64. The van der Waals surface area contributed by atoms with E-state index in [4.69, 9.17) is 4.42 Å². The van der Waals surface area contributed by atoms with Gasteiger partial charge in [-0.3, -0.25) is 14.2 Å². The van der Waals surface area contributed by atoms with Gasteiger partial charge >= 0.3 is 11.8 Å². The van der Waals surface area contributed by atoms with Crippen LogP contribution in [0, 0.1) is 12.7 Å². The molecule has 0 unspecified atom stereocenters. The molecule has 0 aliphatic rings. The molecule has 38 heavy (non-hydrogen) atoms. The lowest BCUT2D eigenvalue weighted by Gasteiger charge is -2.27. The Bertz CT molecular complexity index is 1260. The molecule has 0 saturated carbocycles. The molecule has 2 aromatic heterocycles. The zero-order valence-electron chi connectivity index (χ0n) is 23.5. The fourth-order valence-electron chi connectivity index (χ4n) is 3.04. The number of carbonyl (C=O) groups excluding carboxylic acids is 1. The number of carbonyl (C=O) groups is 1. The van der Waals surface area contributed by atoms with Crippen LogP contribution in [0.1, 0.15) is 88.0 Å². The molecular formula is C27H39FN6O4. The van der Waals surface area contributed by atoms with E-state index in [9.17, 15) is 19.1 Å². The highest BCUT2D eigenvalue weighted by atomic mass is 19.1. The number of hydrogen-bond acceptors (Lipinski definition) is 8. The summed E-state index contributed by atoms with van der Waals surface area (Å²) < 4.78 is 19.3. The third-order valence-corrected chi connectivity index (χ3v) is 5.18. The predicted molar refractivity (Wildman–Crippen MR) is 145 cm³/mol. The standard InChI is InChI=1S/C21H23FN6O4.C4H10.C2H6/c1-11(23-10-13-6-8-14(22)9-7-13)15-16(29)19(31)28(5)20(24-15)21(3,4)25-17(30)18-27-26-12(2)32-18;1-3-4-2;1-2/h6-9,23,29H,1,10H2,2-5H3,(H,25,30);3-4H2,1-2H3;1-2H3. The van der Waals surface area contributed by atoms with Crippen molar-refractivity contribution in [2.45, 2.75) is 73.4 Å². The lowest BCUT2D eigenvalue weighted by molar-refractivity contribution is 0.0869. The summed E-state index contributed by atoms with van der Waals surface area (Å²) in [5.74, 6) is -1.44. The van der Waals surface area contributed by atoms with Gasteiger partial charge in [0.2, 0.25) is 11.6 Å². The Balaban J connectivity index is 0.00000110. The molecule has 0 saturated heterocycles. The van der Waals surface area contributed by atoms with Gasteiger partial charge in [-0.1, -0.05) is 59.2 Å². The second-order valence-electron chi connectivity index (χ2n) is 8.66. The molecule has 0 atom stereocenters. The zero-order chi connectivity index (χ0) is 29.0. The molecule has 0 radical (unpaired) electrons. The molecular weight excluding hydrogens is 491 g/mol. The first-order valence-electron chi connectivity index (χ1n) is 12.5. The molecule has 0 aliphatic carbocycles. The first-order valence-corrected chi connectivity index (χ1v) is 12.5. The van der Waals surface area contributed by atoms with E-state index in [-0.39, 0.29) is 41.4 Å². The number of nitrogens with one attached hydrogen (secondary N) is 2. The number of hydrogen-bond donors (Lipinski definition) is 3. The Morgan fingerprint density at radius 3 is 2.24 bits per heavy atom. The molecule has 0 fully saturated rings. The van der Waals surface area contributed by atoms with Crippen LogP contribution in [-0.4, -0.2) is 30.8 Å². The lowest BCUT2D eigenvalue weighted by atomic mass is 10.0. The van der Waals surface area contributed by atoms with Crippen LogP contribution in [0.2, 0.25) is 0 Å². The smallest absolute Gasteiger partial charge is 0.309 e. The number of unbranched alkanes of at least 4 members (excludes halogenated alkanes) is 1. The van der Waals surface area contributed by atoms with Crippen molar-refractivity contribution in [1.82, 2.24) is 30.4 Å². The molecule has 11 heteroatoms. The summed E-state index contributed by atoms with van der Waals surface area (Å²) >= 11 is 0. The average Bonchev–Trinajstić information content (AvgIpc) is 3.34. The van der Waals surface area contributed by atoms with Gasteiger partial charge in [-0.15, -0.1) is 10.2 Å². The molecule has 3 rings (SSSR count). The number of rotatable bonds is 8. The van der Waals surface area contributed by atoms with Gasteiger partial charge in [0.05, 0.1) is 11.2 Å². The SMILES string of the molecule is C=C(NCc1ccc(F)cc1)c1nc(C(C)(C)NC(=O)c2nnc(C)o2)n(C)c(=O)c1O.CC.CCCC. The van der Waals surface area contributed by atoms with Crippen molar-refractivity contribution in [3.8, 4) is 5.75 Å². The minimum atomic E-state index is -1.16. The summed E-state index contributed by atoms with van der Waals surface area (Å²) in [7, 11) is 1.42. The molecule has 0 bridgehead atoms. The van der Waals surface area contributed by atoms with Gasteiger partial charge in [0.15, 0.2) is 0 Å². The molecule has 3 aromatic rings. The molecule has 3 N–H and O–H groups in total. The van der Waals surface area contributed by atoms with Gasteiger partial charge in [0, 0.05) is 20.5 Å². The minimum Gasteiger partial charge on any atom is -0.501 e. The lowest BCUT2D eigenvalue weighted by Crippen LogP contribution is -2.45. The topological polar surface area (TPSA) is 135 Å². The highest BCUT2D eigenvalue weighted by Gasteiger charge is 2.32. The van der Waals surface area contributed by atoms with Crippen molar-refractivity contribution >= 4 is 11.6 Å². The van der Waals surface area contributed by atoms with Crippen LogP contribution >= 0.6 is 0 Å². The van der Waals surface area contributed by atoms with Crippen LogP contribution in [0.3, 0.4) is 0 Å². The predicted octanol–water partition coefficient (Wildman–Crippen LogP) is 4.57. The quantitative estimate of drug-likeness (QED) is 0.385. The van der Waals surface area contributed by atoms with Crippen molar-refractivity contribution in [3.63, 3.8) is 0 Å². The number of benzene rings is 1. The summed E-state index contributed by atoms with van der Waals surface area (Å²) in [6, 6.07) is 5.83. The molecule has 2 heterocycles. The van der Waals surface area contributed by atoms with Crippen LogP contribution in [0.5, 0.6) is 5.75 Å². The highest BCUT2D eigenvalue weighted by Crippen LogP contribution is 2.23. The van der Waals surface area contributed by atoms with Crippen molar-refractivity contribution in [2.75, 3.05) is 0 Å². The number of aromatic hydroxyl groups is 1. The van der Waals surface area contributed by atoms with Crippen molar-refractivity contribution < 1.29 is 18.7 Å². The molecule has 208 valence electrons. The highest BCUT2D eigenvalue weighted by molar-refractivity contribution is 5.90. The summed E-state index contributed by atoms with van der Waals surface area (Å²) in [5, 5.41) is 23.3. The number of nitrogens with zero attached hydrogens (tertiary/aromatic N) is 4. The number of aromatic nitrogens is 4. The zero-order valence-corrected chi connectivity index (χ0v) is 23.5. The molecule has 0 spiro atoms. The normalized spacial score (nSPS) is 10.4. The van der Waals surface area contributed by atoms with Crippen LogP contribution in [0.15, 0.2) is 40.1 Å². The van der Waals surface area contributed by atoms with Crippen LogP contribution < -0.4 is 16.2 Å². The summed E-state index contributed by atoms with van der Waals surface area (Å²) in [4.78, 5) is 29.5. The van der Waals surface area contributed by atoms with Gasteiger partial charge < -0.3 is 20.2 Å².